The van der Waals surface area contributed by atoms with Crippen molar-refractivity contribution in [2.24, 2.45) is 0 Å². The molecule has 0 radical (unpaired) electrons. The van der Waals surface area contributed by atoms with Crippen molar-refractivity contribution in [2.45, 2.75) is 13.0 Å². The van der Waals surface area contributed by atoms with Gasteiger partial charge in [0.1, 0.15) is 12.4 Å². The molecular weight excluding hydrogens is 262 g/mol. The second-order valence-electron chi connectivity index (χ2n) is 4.73. The summed E-state index contributed by atoms with van der Waals surface area (Å²) in [6.07, 6.45) is 1.68. The third kappa shape index (κ3) is 4.21. The van der Waals surface area contributed by atoms with Gasteiger partial charge in [-0.25, -0.2) is 0 Å². The van der Waals surface area contributed by atoms with Gasteiger partial charge in [0.05, 0.1) is 6.04 Å². The summed E-state index contributed by atoms with van der Waals surface area (Å²) in [5, 5.41) is 2.98. The van der Waals surface area contributed by atoms with Crippen LogP contribution in [0.1, 0.15) is 28.9 Å². The molecule has 2 aromatic rings. The molecule has 2 rings (SSSR count). The molecule has 3 nitrogen and oxygen atoms in total. The Kier molecular flexibility index (Phi) is 5.16. The molecule has 0 spiro atoms. The zero-order valence-electron chi connectivity index (χ0n) is 12.1. The lowest BCUT2D eigenvalue weighted by atomic mass is 10.1. The van der Waals surface area contributed by atoms with Gasteiger partial charge in [-0.2, -0.15) is 0 Å². The van der Waals surface area contributed by atoms with Crippen molar-refractivity contribution in [1.29, 1.82) is 0 Å². The summed E-state index contributed by atoms with van der Waals surface area (Å²) in [5.41, 5.74) is 1.69. The van der Waals surface area contributed by atoms with E-state index in [1.807, 2.05) is 37.3 Å². The van der Waals surface area contributed by atoms with Gasteiger partial charge in [0, 0.05) is 5.56 Å². The van der Waals surface area contributed by atoms with Crippen LogP contribution >= 0.6 is 0 Å². The van der Waals surface area contributed by atoms with Crippen molar-refractivity contribution in [3.63, 3.8) is 0 Å². The van der Waals surface area contributed by atoms with Crippen LogP contribution in [0.5, 0.6) is 5.75 Å². The quantitative estimate of drug-likeness (QED) is 0.819. The second kappa shape index (κ2) is 7.29. The number of carbonyl (C=O) groups excluding carboxylic acids is 1. The highest BCUT2D eigenvalue weighted by molar-refractivity contribution is 5.94. The number of hydrogen-bond donors (Lipinski definition) is 1. The highest BCUT2D eigenvalue weighted by Crippen LogP contribution is 2.15. The number of ether oxygens (including phenoxy) is 1. The van der Waals surface area contributed by atoms with E-state index in [9.17, 15) is 4.79 Å². The fourth-order valence-corrected chi connectivity index (χ4v) is 1.96. The summed E-state index contributed by atoms with van der Waals surface area (Å²) in [6.45, 7) is 6.02. The Morgan fingerprint density at radius 3 is 2.48 bits per heavy atom. The Labute approximate surface area is 125 Å². The molecule has 3 heteroatoms. The molecule has 0 bridgehead atoms. The molecule has 0 aliphatic rings. The highest BCUT2D eigenvalue weighted by Gasteiger charge is 2.11. The summed E-state index contributed by atoms with van der Waals surface area (Å²) < 4.78 is 5.39. The van der Waals surface area contributed by atoms with Gasteiger partial charge in [0.15, 0.2) is 0 Å². The van der Waals surface area contributed by atoms with Crippen molar-refractivity contribution in [1.82, 2.24) is 5.32 Å². The fourth-order valence-electron chi connectivity index (χ4n) is 1.96. The summed E-state index contributed by atoms with van der Waals surface area (Å²) in [5.74, 6) is 0.629. The minimum absolute atomic E-state index is 0.0320. The predicted octanol–water partition coefficient (Wildman–Crippen LogP) is 3.74. The van der Waals surface area contributed by atoms with E-state index < -0.39 is 0 Å². The van der Waals surface area contributed by atoms with E-state index in [-0.39, 0.29) is 11.9 Å². The smallest absolute Gasteiger partial charge is 0.251 e. The van der Waals surface area contributed by atoms with Crippen LogP contribution in [0.15, 0.2) is 67.3 Å². The number of nitrogens with one attached hydrogen (secondary N) is 1. The van der Waals surface area contributed by atoms with Crippen LogP contribution in [0.25, 0.3) is 0 Å². The normalized spacial score (nSPS) is 11.5. The van der Waals surface area contributed by atoms with Gasteiger partial charge >= 0.3 is 0 Å². The molecule has 0 aliphatic carbocycles. The first kappa shape index (κ1) is 14.9. The van der Waals surface area contributed by atoms with Crippen LogP contribution in [-0.4, -0.2) is 12.5 Å². The minimum Gasteiger partial charge on any atom is -0.490 e. The van der Waals surface area contributed by atoms with Gasteiger partial charge in [-0.05, 0) is 36.8 Å². The van der Waals surface area contributed by atoms with E-state index in [2.05, 4.69) is 11.9 Å². The fraction of sp³-hybridized carbons (Fsp3) is 0.167. The maximum Gasteiger partial charge on any atom is 0.251 e. The average molecular weight is 281 g/mol. The zero-order valence-corrected chi connectivity index (χ0v) is 12.1. The molecule has 0 aliphatic heterocycles. The summed E-state index contributed by atoms with van der Waals surface area (Å²) >= 11 is 0. The first-order chi connectivity index (χ1) is 10.2. The molecule has 21 heavy (non-hydrogen) atoms. The Balaban J connectivity index is 1.98. The minimum atomic E-state index is -0.0957. The van der Waals surface area contributed by atoms with Crippen molar-refractivity contribution >= 4 is 5.91 Å². The van der Waals surface area contributed by atoms with Gasteiger partial charge in [0.25, 0.3) is 5.91 Å². The van der Waals surface area contributed by atoms with Crippen LogP contribution in [0.3, 0.4) is 0 Å². The molecule has 1 atom stereocenters. The van der Waals surface area contributed by atoms with Gasteiger partial charge < -0.3 is 10.1 Å². The van der Waals surface area contributed by atoms with E-state index in [1.165, 1.54) is 0 Å². The van der Waals surface area contributed by atoms with Gasteiger partial charge in [0.2, 0.25) is 0 Å². The largest absolute Gasteiger partial charge is 0.490 e. The maximum atomic E-state index is 12.2. The first-order valence-corrected chi connectivity index (χ1v) is 6.90. The van der Waals surface area contributed by atoms with Crippen molar-refractivity contribution in [2.75, 3.05) is 6.61 Å². The Hall–Kier alpha value is -2.55. The third-order valence-electron chi connectivity index (χ3n) is 3.13. The lowest BCUT2D eigenvalue weighted by molar-refractivity contribution is 0.0940. The lowest BCUT2D eigenvalue weighted by Crippen LogP contribution is -2.26. The number of carbonyl (C=O) groups is 1. The standard InChI is InChI=1S/C18H19NO2/c1-3-13-21-17-11-9-16(10-12-17)18(20)19-14(2)15-7-5-4-6-8-15/h3-12,14H,1,13H2,2H3,(H,19,20)/t14-/m0/s1. The van der Waals surface area contributed by atoms with E-state index in [0.29, 0.717) is 12.2 Å². The van der Waals surface area contributed by atoms with Crippen LogP contribution in [-0.2, 0) is 0 Å². The van der Waals surface area contributed by atoms with Gasteiger partial charge in [-0.1, -0.05) is 43.0 Å². The van der Waals surface area contributed by atoms with Crippen molar-refractivity contribution in [3.8, 4) is 5.75 Å². The van der Waals surface area contributed by atoms with Crippen LogP contribution in [0.2, 0.25) is 0 Å². The molecule has 0 aromatic heterocycles. The van der Waals surface area contributed by atoms with E-state index in [1.54, 1.807) is 30.3 Å². The lowest BCUT2D eigenvalue weighted by Gasteiger charge is -2.14. The third-order valence-corrected chi connectivity index (χ3v) is 3.13. The molecule has 1 N–H and O–H groups in total. The summed E-state index contributed by atoms with van der Waals surface area (Å²) in [6, 6.07) is 16.9. The topological polar surface area (TPSA) is 38.3 Å². The number of amides is 1. The molecule has 0 saturated carbocycles. The summed E-state index contributed by atoms with van der Waals surface area (Å²) in [4.78, 5) is 12.2. The number of benzene rings is 2. The molecular formula is C18H19NO2. The summed E-state index contributed by atoms with van der Waals surface area (Å²) in [7, 11) is 0. The molecule has 0 heterocycles. The second-order valence-corrected chi connectivity index (χ2v) is 4.73. The molecule has 0 saturated heterocycles. The zero-order chi connectivity index (χ0) is 15.1. The van der Waals surface area contributed by atoms with E-state index >= 15 is 0 Å². The highest BCUT2D eigenvalue weighted by atomic mass is 16.5. The number of rotatable bonds is 6. The van der Waals surface area contributed by atoms with Crippen molar-refractivity contribution in [3.05, 3.63) is 78.4 Å². The van der Waals surface area contributed by atoms with Crippen LogP contribution in [0.4, 0.5) is 0 Å². The molecule has 1 amide bonds. The Bertz CT molecular complexity index is 590. The van der Waals surface area contributed by atoms with Crippen LogP contribution < -0.4 is 10.1 Å². The maximum absolute atomic E-state index is 12.2. The van der Waals surface area contributed by atoms with E-state index in [0.717, 1.165) is 11.3 Å². The van der Waals surface area contributed by atoms with Gasteiger partial charge in [-0.3, -0.25) is 4.79 Å². The number of hydrogen-bond acceptors (Lipinski definition) is 2. The molecule has 0 fully saturated rings. The van der Waals surface area contributed by atoms with E-state index in [4.69, 9.17) is 4.74 Å². The average Bonchev–Trinajstić information content (AvgIpc) is 2.54. The SMILES string of the molecule is C=CCOc1ccc(C(=O)N[C@@H](C)c2ccccc2)cc1. The predicted molar refractivity (Wildman–Crippen MR) is 84.5 cm³/mol. The monoisotopic (exact) mass is 281 g/mol. The molecule has 108 valence electrons. The van der Waals surface area contributed by atoms with Crippen LogP contribution in [0, 0.1) is 0 Å². The Morgan fingerprint density at radius 2 is 1.86 bits per heavy atom. The first-order valence-electron chi connectivity index (χ1n) is 6.90. The molecule has 2 aromatic carbocycles. The van der Waals surface area contributed by atoms with Gasteiger partial charge in [-0.15, -0.1) is 0 Å². The van der Waals surface area contributed by atoms with Crippen molar-refractivity contribution < 1.29 is 9.53 Å². The molecule has 0 unspecified atom stereocenters. The Morgan fingerprint density at radius 1 is 1.19 bits per heavy atom.